The fraction of sp³-hybridized carbons (Fsp3) is 0.467. The number of thiophene rings is 1. The van der Waals surface area contributed by atoms with E-state index >= 15 is 0 Å². The van der Waals surface area contributed by atoms with Crippen LogP contribution in [0.3, 0.4) is 0 Å². The van der Waals surface area contributed by atoms with Crippen LogP contribution in [0.4, 0.5) is 0 Å². The molecule has 1 unspecified atom stereocenters. The first-order valence-corrected chi connectivity index (χ1v) is 7.43. The Hall–Kier alpha value is -1.26. The van der Waals surface area contributed by atoms with E-state index in [9.17, 15) is 0 Å². The SMILES string of the molecule is Cc1nccnc1C(C)NCC(C)(C)c1cccs1. The fourth-order valence-corrected chi connectivity index (χ4v) is 2.95. The number of nitrogens with one attached hydrogen (secondary N) is 1. The van der Waals surface area contributed by atoms with Gasteiger partial charge in [0.15, 0.2) is 0 Å². The van der Waals surface area contributed by atoms with Crippen LogP contribution >= 0.6 is 11.3 Å². The van der Waals surface area contributed by atoms with Crippen molar-refractivity contribution in [1.82, 2.24) is 15.3 Å². The van der Waals surface area contributed by atoms with Gasteiger partial charge in [-0.25, -0.2) is 0 Å². The number of aromatic nitrogens is 2. The van der Waals surface area contributed by atoms with Gasteiger partial charge in [0, 0.05) is 35.3 Å². The normalized spacial score (nSPS) is 13.5. The van der Waals surface area contributed by atoms with Crippen molar-refractivity contribution in [2.24, 2.45) is 0 Å². The molecule has 0 aromatic carbocycles. The Morgan fingerprint density at radius 3 is 2.68 bits per heavy atom. The summed E-state index contributed by atoms with van der Waals surface area (Å²) in [6.07, 6.45) is 3.49. The Kier molecular flexibility index (Phi) is 4.32. The summed E-state index contributed by atoms with van der Waals surface area (Å²) >= 11 is 1.81. The molecule has 0 aliphatic carbocycles. The van der Waals surface area contributed by atoms with Crippen molar-refractivity contribution in [3.05, 3.63) is 46.2 Å². The van der Waals surface area contributed by atoms with E-state index in [1.54, 1.807) is 12.4 Å². The Bertz CT molecular complexity index is 520. The molecule has 0 amide bonds. The van der Waals surface area contributed by atoms with Crippen molar-refractivity contribution >= 4 is 11.3 Å². The summed E-state index contributed by atoms with van der Waals surface area (Å²) in [6, 6.07) is 4.52. The summed E-state index contributed by atoms with van der Waals surface area (Å²) in [5.41, 5.74) is 2.17. The molecule has 1 N–H and O–H groups in total. The first-order valence-electron chi connectivity index (χ1n) is 6.55. The molecule has 0 aliphatic heterocycles. The third kappa shape index (κ3) is 3.39. The molecule has 102 valence electrons. The topological polar surface area (TPSA) is 37.8 Å². The maximum atomic E-state index is 4.42. The number of aryl methyl sites for hydroxylation is 1. The van der Waals surface area contributed by atoms with Crippen molar-refractivity contribution in [1.29, 1.82) is 0 Å². The molecule has 3 nitrogen and oxygen atoms in total. The molecule has 0 radical (unpaired) electrons. The molecule has 1 atom stereocenters. The van der Waals surface area contributed by atoms with Gasteiger partial charge < -0.3 is 5.32 Å². The van der Waals surface area contributed by atoms with E-state index < -0.39 is 0 Å². The minimum atomic E-state index is 0.137. The zero-order chi connectivity index (χ0) is 13.9. The monoisotopic (exact) mass is 275 g/mol. The van der Waals surface area contributed by atoms with Gasteiger partial charge in [0.1, 0.15) is 0 Å². The predicted octanol–water partition coefficient (Wildman–Crippen LogP) is 3.47. The molecular weight excluding hydrogens is 254 g/mol. The highest BCUT2D eigenvalue weighted by Crippen LogP contribution is 2.27. The lowest BCUT2D eigenvalue weighted by atomic mass is 9.91. The van der Waals surface area contributed by atoms with E-state index in [0.29, 0.717) is 0 Å². The van der Waals surface area contributed by atoms with Gasteiger partial charge in [-0.05, 0) is 25.3 Å². The summed E-state index contributed by atoms with van der Waals surface area (Å²) in [5, 5.41) is 5.70. The molecule has 0 aliphatic rings. The van der Waals surface area contributed by atoms with Crippen LogP contribution in [0, 0.1) is 6.92 Å². The minimum absolute atomic E-state index is 0.137. The van der Waals surface area contributed by atoms with Gasteiger partial charge in [-0.15, -0.1) is 11.3 Å². The van der Waals surface area contributed by atoms with E-state index in [1.807, 2.05) is 18.3 Å². The maximum Gasteiger partial charge on any atom is 0.0782 e. The van der Waals surface area contributed by atoms with Gasteiger partial charge in [0.2, 0.25) is 0 Å². The van der Waals surface area contributed by atoms with Crippen LogP contribution < -0.4 is 5.32 Å². The zero-order valence-electron chi connectivity index (χ0n) is 12.0. The average molecular weight is 275 g/mol. The second kappa shape index (κ2) is 5.80. The van der Waals surface area contributed by atoms with Crippen molar-refractivity contribution in [2.75, 3.05) is 6.54 Å². The van der Waals surface area contributed by atoms with Gasteiger partial charge in [0.05, 0.1) is 11.4 Å². The summed E-state index contributed by atoms with van der Waals surface area (Å²) in [6.45, 7) is 9.60. The predicted molar refractivity (Wildman–Crippen MR) is 80.5 cm³/mol. The van der Waals surface area contributed by atoms with E-state index in [1.165, 1.54) is 4.88 Å². The molecule has 0 saturated carbocycles. The first-order chi connectivity index (χ1) is 9.00. The molecule has 0 fully saturated rings. The van der Waals surface area contributed by atoms with Gasteiger partial charge >= 0.3 is 0 Å². The van der Waals surface area contributed by atoms with Crippen LogP contribution in [-0.2, 0) is 5.41 Å². The third-order valence-electron chi connectivity index (χ3n) is 3.37. The zero-order valence-corrected chi connectivity index (χ0v) is 12.8. The lowest BCUT2D eigenvalue weighted by molar-refractivity contribution is 0.436. The van der Waals surface area contributed by atoms with Crippen LogP contribution in [-0.4, -0.2) is 16.5 Å². The quantitative estimate of drug-likeness (QED) is 0.908. The lowest BCUT2D eigenvalue weighted by Crippen LogP contribution is -2.34. The Morgan fingerprint density at radius 2 is 2.05 bits per heavy atom. The Morgan fingerprint density at radius 1 is 1.32 bits per heavy atom. The lowest BCUT2D eigenvalue weighted by Gasteiger charge is -2.26. The van der Waals surface area contributed by atoms with Crippen molar-refractivity contribution in [2.45, 2.75) is 39.2 Å². The average Bonchev–Trinajstić information content (AvgIpc) is 2.91. The maximum absolute atomic E-state index is 4.42. The smallest absolute Gasteiger partial charge is 0.0782 e. The van der Waals surface area contributed by atoms with E-state index in [0.717, 1.165) is 17.9 Å². The third-order valence-corrected chi connectivity index (χ3v) is 4.60. The first kappa shape index (κ1) is 14.2. The number of rotatable bonds is 5. The van der Waals surface area contributed by atoms with Gasteiger partial charge in [-0.2, -0.15) is 0 Å². The van der Waals surface area contributed by atoms with Crippen molar-refractivity contribution in [3.63, 3.8) is 0 Å². The number of nitrogens with zero attached hydrogens (tertiary/aromatic N) is 2. The highest BCUT2D eigenvalue weighted by molar-refractivity contribution is 7.10. The van der Waals surface area contributed by atoms with Crippen LogP contribution in [0.25, 0.3) is 0 Å². The molecule has 4 heteroatoms. The molecule has 0 bridgehead atoms. The van der Waals surface area contributed by atoms with Crippen LogP contribution in [0.15, 0.2) is 29.9 Å². The molecule has 2 aromatic heterocycles. The van der Waals surface area contributed by atoms with Gasteiger partial charge in [-0.1, -0.05) is 19.9 Å². The summed E-state index contributed by atoms with van der Waals surface area (Å²) in [4.78, 5) is 10.1. The second-order valence-electron chi connectivity index (χ2n) is 5.49. The Balaban J connectivity index is 2.01. The van der Waals surface area contributed by atoms with E-state index in [4.69, 9.17) is 0 Å². The highest BCUT2D eigenvalue weighted by Gasteiger charge is 2.23. The fourth-order valence-electron chi connectivity index (χ4n) is 2.10. The molecule has 2 rings (SSSR count). The number of hydrogen-bond acceptors (Lipinski definition) is 4. The largest absolute Gasteiger partial charge is 0.308 e. The van der Waals surface area contributed by atoms with Gasteiger partial charge in [0.25, 0.3) is 0 Å². The standard InChI is InChI=1S/C15H21N3S/c1-11-14(17-8-7-16-11)12(2)18-10-15(3,4)13-6-5-9-19-13/h5-9,12,18H,10H2,1-4H3. The van der Waals surface area contributed by atoms with Crippen LogP contribution in [0.2, 0.25) is 0 Å². The van der Waals surface area contributed by atoms with Gasteiger partial charge in [-0.3, -0.25) is 9.97 Å². The van der Waals surface area contributed by atoms with Crippen LogP contribution in [0.5, 0.6) is 0 Å². The summed E-state index contributed by atoms with van der Waals surface area (Å²) < 4.78 is 0. The molecular formula is C15H21N3S. The Labute approximate surface area is 119 Å². The van der Waals surface area contributed by atoms with Crippen molar-refractivity contribution in [3.8, 4) is 0 Å². The minimum Gasteiger partial charge on any atom is -0.308 e. The number of hydrogen-bond donors (Lipinski definition) is 1. The highest BCUT2D eigenvalue weighted by atomic mass is 32.1. The second-order valence-corrected chi connectivity index (χ2v) is 6.44. The van der Waals surface area contributed by atoms with E-state index in [2.05, 4.69) is 53.6 Å². The molecule has 0 saturated heterocycles. The molecule has 0 spiro atoms. The van der Waals surface area contributed by atoms with Crippen LogP contribution in [0.1, 0.15) is 43.1 Å². The van der Waals surface area contributed by atoms with Crippen molar-refractivity contribution < 1.29 is 0 Å². The van der Waals surface area contributed by atoms with E-state index in [-0.39, 0.29) is 11.5 Å². The summed E-state index contributed by atoms with van der Waals surface area (Å²) in [5.74, 6) is 0. The molecule has 19 heavy (non-hydrogen) atoms. The molecule has 2 aromatic rings. The molecule has 2 heterocycles. The summed E-state index contributed by atoms with van der Waals surface area (Å²) in [7, 11) is 0.